The number of carbonyl (C=O) groups is 2. The molecule has 4 aliphatic rings. The van der Waals surface area contributed by atoms with Gasteiger partial charge in [0.15, 0.2) is 0 Å². The van der Waals surface area contributed by atoms with Gasteiger partial charge in [0, 0.05) is 13.0 Å². The molecule has 7 unspecified atom stereocenters. The first kappa shape index (κ1) is 39.2. The molecular weight excluding hydrogens is 596 g/mol. The van der Waals surface area contributed by atoms with Gasteiger partial charge in [-0.15, -0.1) is 0 Å². The van der Waals surface area contributed by atoms with Gasteiger partial charge in [0.25, 0.3) is 0 Å². The maximum atomic E-state index is 12.7. The summed E-state index contributed by atoms with van der Waals surface area (Å²) in [6.07, 6.45) is 23.2. The highest BCUT2D eigenvalue weighted by Crippen LogP contribution is 2.67. The molecule has 0 spiro atoms. The summed E-state index contributed by atoms with van der Waals surface area (Å²) in [5, 5.41) is 6.15. The molecule has 0 aromatic carbocycles. The van der Waals surface area contributed by atoms with Gasteiger partial charge < -0.3 is 20.1 Å². The highest BCUT2D eigenvalue weighted by molar-refractivity contribution is 5.71. The van der Waals surface area contributed by atoms with Gasteiger partial charge >= 0.3 is 12.1 Å². The summed E-state index contributed by atoms with van der Waals surface area (Å²) in [5.74, 6) is 5.03. The smallest absolute Gasteiger partial charge is 0.407 e. The molecule has 0 radical (unpaired) electrons. The Labute approximate surface area is 295 Å². The zero-order valence-electron chi connectivity index (χ0n) is 32.4. The Bertz CT molecular complexity index is 1060. The van der Waals surface area contributed by atoms with Crippen LogP contribution in [0, 0.1) is 46.3 Å². The van der Waals surface area contributed by atoms with E-state index in [1.54, 1.807) is 5.57 Å². The predicted octanol–water partition coefficient (Wildman–Crippen LogP) is 10.4. The molecule has 4 rings (SSSR count). The number of ether oxygens (including phenoxy) is 2. The van der Waals surface area contributed by atoms with E-state index >= 15 is 0 Å². The first-order valence-electron chi connectivity index (χ1n) is 20.3. The number of nitrogens with one attached hydrogen (secondary N) is 2. The van der Waals surface area contributed by atoms with Crippen molar-refractivity contribution in [1.29, 1.82) is 0 Å². The SMILES string of the molecule is CC(C)CCC[C@@H](C)C1CCC2C3CC=C4CC(OC(=O)CNCCCCCCCCNC(=O)OC(C)(C)C)CCC4(C)C3CCC21C. The van der Waals surface area contributed by atoms with Crippen LogP contribution in [0.3, 0.4) is 0 Å². The number of carbonyl (C=O) groups excluding carboxylic acids is 2. The van der Waals surface area contributed by atoms with E-state index in [0.29, 0.717) is 23.9 Å². The summed E-state index contributed by atoms with van der Waals surface area (Å²) >= 11 is 0. The van der Waals surface area contributed by atoms with E-state index in [4.69, 9.17) is 9.47 Å². The van der Waals surface area contributed by atoms with Gasteiger partial charge in [-0.2, -0.15) is 0 Å². The third kappa shape index (κ3) is 10.5. The van der Waals surface area contributed by atoms with E-state index in [1.165, 1.54) is 64.2 Å². The molecule has 0 aliphatic heterocycles. The fraction of sp³-hybridized carbons (Fsp3) is 0.905. The number of amides is 1. The summed E-state index contributed by atoms with van der Waals surface area (Å²) in [6, 6.07) is 0. The Morgan fingerprint density at radius 2 is 1.58 bits per heavy atom. The average Bonchev–Trinajstić information content (AvgIpc) is 3.36. The minimum absolute atomic E-state index is 0.0383. The van der Waals surface area contributed by atoms with Crippen LogP contribution >= 0.6 is 0 Å². The Morgan fingerprint density at radius 3 is 2.29 bits per heavy atom. The molecule has 48 heavy (non-hydrogen) atoms. The molecule has 0 aromatic heterocycles. The normalized spacial score (nSPS) is 32.1. The fourth-order valence-electron chi connectivity index (χ4n) is 10.8. The van der Waals surface area contributed by atoms with Crippen molar-refractivity contribution in [3.8, 4) is 0 Å². The van der Waals surface area contributed by atoms with Gasteiger partial charge in [-0.05, 0) is 131 Å². The lowest BCUT2D eigenvalue weighted by Gasteiger charge is -2.58. The molecule has 8 atom stereocenters. The number of fused-ring (bicyclic) bond motifs is 5. The van der Waals surface area contributed by atoms with Crippen molar-refractivity contribution in [3.05, 3.63) is 11.6 Å². The first-order valence-corrected chi connectivity index (χ1v) is 20.3. The largest absolute Gasteiger partial charge is 0.461 e. The quantitative estimate of drug-likeness (QED) is 0.0915. The van der Waals surface area contributed by atoms with E-state index < -0.39 is 5.60 Å². The standard InChI is InChI=1S/C42H74N2O4/c1-30(2)16-15-17-31(3)35-20-21-36-34-19-18-32-28-33(22-24-41(32,7)37(34)23-25-42(35,36)8)47-38(45)29-43-26-13-11-9-10-12-14-27-44-39(46)48-40(4,5)6/h18,30-31,33-37,43H,9-17,19-29H2,1-8H3,(H,44,46)/t31-,33?,34?,35?,36?,37?,41?,42?/m1/s1. The minimum Gasteiger partial charge on any atom is -0.461 e. The number of allylic oxidation sites excluding steroid dienone is 1. The van der Waals surface area contributed by atoms with E-state index in [2.05, 4.69) is 51.3 Å². The van der Waals surface area contributed by atoms with Crippen molar-refractivity contribution in [2.75, 3.05) is 19.6 Å². The molecule has 0 bridgehead atoms. The molecule has 6 nitrogen and oxygen atoms in total. The van der Waals surface area contributed by atoms with Crippen LogP contribution in [0.15, 0.2) is 11.6 Å². The molecule has 276 valence electrons. The predicted molar refractivity (Wildman–Crippen MR) is 198 cm³/mol. The lowest BCUT2D eigenvalue weighted by atomic mass is 9.47. The van der Waals surface area contributed by atoms with Crippen LogP contribution in [-0.2, 0) is 14.3 Å². The van der Waals surface area contributed by atoms with Crippen molar-refractivity contribution in [1.82, 2.24) is 10.6 Å². The summed E-state index contributed by atoms with van der Waals surface area (Å²) < 4.78 is 11.3. The molecule has 0 aromatic rings. The summed E-state index contributed by atoms with van der Waals surface area (Å²) in [7, 11) is 0. The maximum absolute atomic E-state index is 12.7. The van der Waals surface area contributed by atoms with Crippen LogP contribution in [0.25, 0.3) is 0 Å². The second-order valence-electron chi connectivity index (χ2n) is 18.4. The number of hydrogen-bond acceptors (Lipinski definition) is 5. The van der Waals surface area contributed by atoms with Crippen molar-refractivity contribution in [2.45, 2.75) is 176 Å². The number of esters is 1. The van der Waals surface area contributed by atoms with Gasteiger partial charge in [-0.3, -0.25) is 4.79 Å². The van der Waals surface area contributed by atoms with Crippen molar-refractivity contribution >= 4 is 12.1 Å². The van der Waals surface area contributed by atoms with Crippen LogP contribution in [0.1, 0.15) is 165 Å². The second kappa shape index (κ2) is 17.6. The molecule has 2 N–H and O–H groups in total. The van der Waals surface area contributed by atoms with Crippen LogP contribution in [-0.4, -0.2) is 43.4 Å². The first-order chi connectivity index (χ1) is 22.7. The maximum Gasteiger partial charge on any atom is 0.407 e. The Hall–Kier alpha value is -1.56. The van der Waals surface area contributed by atoms with Gasteiger partial charge in [-0.1, -0.05) is 91.2 Å². The molecule has 3 fully saturated rings. The molecule has 0 saturated heterocycles. The highest BCUT2D eigenvalue weighted by atomic mass is 16.6. The minimum atomic E-state index is -0.451. The third-order valence-corrected chi connectivity index (χ3v) is 13.3. The monoisotopic (exact) mass is 671 g/mol. The second-order valence-corrected chi connectivity index (χ2v) is 18.4. The lowest BCUT2D eigenvalue weighted by molar-refractivity contribution is -0.150. The number of unbranched alkanes of at least 4 members (excludes halogenated alkanes) is 5. The zero-order chi connectivity index (χ0) is 35.0. The lowest BCUT2D eigenvalue weighted by Crippen LogP contribution is -2.51. The molecule has 4 aliphatic carbocycles. The van der Waals surface area contributed by atoms with E-state index in [-0.39, 0.29) is 18.2 Å². The number of alkyl carbamates (subject to hydrolysis) is 1. The van der Waals surface area contributed by atoms with E-state index in [0.717, 1.165) is 87.0 Å². The number of rotatable bonds is 17. The topological polar surface area (TPSA) is 76.7 Å². The van der Waals surface area contributed by atoms with Crippen LogP contribution in [0.2, 0.25) is 0 Å². The zero-order valence-corrected chi connectivity index (χ0v) is 32.4. The van der Waals surface area contributed by atoms with Gasteiger partial charge in [0.1, 0.15) is 11.7 Å². The summed E-state index contributed by atoms with van der Waals surface area (Å²) in [5.41, 5.74) is 1.97. The van der Waals surface area contributed by atoms with Gasteiger partial charge in [-0.25, -0.2) is 4.79 Å². The van der Waals surface area contributed by atoms with Crippen LogP contribution in [0.4, 0.5) is 4.79 Å². The molecule has 3 saturated carbocycles. The Kier molecular flexibility index (Phi) is 14.4. The van der Waals surface area contributed by atoms with Crippen LogP contribution < -0.4 is 10.6 Å². The van der Waals surface area contributed by atoms with Gasteiger partial charge in [0.05, 0.1) is 6.54 Å². The van der Waals surface area contributed by atoms with E-state index in [9.17, 15) is 9.59 Å². The summed E-state index contributed by atoms with van der Waals surface area (Å²) in [6.45, 7) is 20.0. The van der Waals surface area contributed by atoms with Gasteiger partial charge in [0.2, 0.25) is 0 Å². The summed E-state index contributed by atoms with van der Waals surface area (Å²) in [4.78, 5) is 24.4. The van der Waals surface area contributed by atoms with Crippen molar-refractivity contribution < 1.29 is 19.1 Å². The number of hydrogen-bond donors (Lipinski definition) is 2. The highest BCUT2D eigenvalue weighted by Gasteiger charge is 2.59. The Morgan fingerprint density at radius 1 is 0.875 bits per heavy atom. The molecular formula is C42H74N2O4. The molecule has 1 amide bonds. The van der Waals surface area contributed by atoms with Crippen LogP contribution in [0.5, 0.6) is 0 Å². The van der Waals surface area contributed by atoms with E-state index in [1.807, 2.05) is 20.8 Å². The fourth-order valence-corrected chi connectivity index (χ4v) is 10.8. The average molecular weight is 671 g/mol. The third-order valence-electron chi connectivity index (χ3n) is 13.3. The molecule has 0 heterocycles. The Balaban J connectivity index is 1.11. The molecule has 6 heteroatoms. The van der Waals surface area contributed by atoms with Crippen molar-refractivity contribution in [2.24, 2.45) is 46.3 Å². The van der Waals surface area contributed by atoms with Crippen molar-refractivity contribution in [3.63, 3.8) is 0 Å².